The number of nitrogens with zero attached hydrogens (tertiary/aromatic N) is 2. The summed E-state index contributed by atoms with van der Waals surface area (Å²) in [6.07, 6.45) is 1.84. The molecule has 0 aliphatic carbocycles. The lowest BCUT2D eigenvalue weighted by Gasteiger charge is -2.06. The van der Waals surface area contributed by atoms with Crippen molar-refractivity contribution in [2.24, 2.45) is 10.2 Å². The molecule has 3 rings (SSSR count). The highest BCUT2D eigenvalue weighted by Gasteiger charge is 2.30. The van der Waals surface area contributed by atoms with Crippen LogP contribution in [0, 0.1) is 0 Å². The molecule has 1 heterocycles. The van der Waals surface area contributed by atoms with E-state index in [1.807, 2.05) is 0 Å². The van der Waals surface area contributed by atoms with Crippen molar-refractivity contribution < 1.29 is 27.1 Å². The van der Waals surface area contributed by atoms with Crippen molar-refractivity contribution in [1.29, 1.82) is 0 Å². The van der Waals surface area contributed by atoms with E-state index in [4.69, 9.17) is 0 Å². The van der Waals surface area contributed by atoms with Crippen LogP contribution in [-0.4, -0.2) is 34.9 Å². The molecule has 158 valence electrons. The topological polar surface area (TPSA) is 63.0 Å². The summed E-state index contributed by atoms with van der Waals surface area (Å²) in [6.45, 7) is -2.89. The lowest BCUT2D eigenvalue weighted by Crippen LogP contribution is -2.25. The molecular formula is C19H15F4N3O2S2. The fourth-order valence-corrected chi connectivity index (χ4v) is 3.95. The zero-order valence-corrected chi connectivity index (χ0v) is 16.8. The van der Waals surface area contributed by atoms with Gasteiger partial charge >= 0.3 is 6.61 Å². The average Bonchev–Trinajstić information content (AvgIpc) is 3.03. The number of amidine groups is 1. The van der Waals surface area contributed by atoms with Crippen LogP contribution in [0.2, 0.25) is 0 Å². The molecule has 2 aromatic rings. The van der Waals surface area contributed by atoms with E-state index in [0.29, 0.717) is 33.8 Å². The molecule has 30 heavy (non-hydrogen) atoms. The zero-order chi connectivity index (χ0) is 21.5. The molecule has 0 spiro atoms. The summed E-state index contributed by atoms with van der Waals surface area (Å²) >= 11 is 1.69. The van der Waals surface area contributed by atoms with Gasteiger partial charge in [-0.25, -0.2) is 0 Å². The summed E-state index contributed by atoms with van der Waals surface area (Å²) in [7, 11) is 0. The fourth-order valence-electron chi connectivity index (χ4n) is 2.49. The summed E-state index contributed by atoms with van der Waals surface area (Å²) in [5, 5.41) is 10.4. The first-order valence-corrected chi connectivity index (χ1v) is 10.3. The van der Waals surface area contributed by atoms with Gasteiger partial charge in [0.25, 0.3) is 5.76 Å². The van der Waals surface area contributed by atoms with Crippen molar-refractivity contribution in [3.63, 3.8) is 0 Å². The van der Waals surface area contributed by atoms with Crippen LogP contribution in [0.3, 0.4) is 0 Å². The van der Waals surface area contributed by atoms with Gasteiger partial charge in [-0.05, 0) is 53.9 Å². The summed E-state index contributed by atoms with van der Waals surface area (Å²) < 4.78 is 53.2. The molecule has 5 nitrogen and oxygen atoms in total. The van der Waals surface area contributed by atoms with Gasteiger partial charge in [-0.2, -0.15) is 22.7 Å². The Morgan fingerprint density at radius 3 is 2.43 bits per heavy atom. The first-order valence-electron chi connectivity index (χ1n) is 8.56. The Morgan fingerprint density at radius 2 is 1.80 bits per heavy atom. The Kier molecular flexibility index (Phi) is 7.75. The number of alkyl halides is 4. The Morgan fingerprint density at radius 1 is 1.10 bits per heavy atom. The minimum absolute atomic E-state index is 0.0377. The molecule has 1 aliphatic heterocycles. The maximum Gasteiger partial charge on any atom is 0.387 e. The molecule has 1 aliphatic rings. The molecule has 0 saturated carbocycles. The van der Waals surface area contributed by atoms with Crippen LogP contribution in [-0.2, 0) is 11.2 Å². The molecule has 1 amide bonds. The van der Waals surface area contributed by atoms with Crippen LogP contribution >= 0.6 is 23.5 Å². The minimum atomic E-state index is -2.89. The predicted molar refractivity (Wildman–Crippen MR) is 110 cm³/mol. The van der Waals surface area contributed by atoms with Gasteiger partial charge in [0.05, 0.1) is 11.5 Å². The summed E-state index contributed by atoms with van der Waals surface area (Å²) in [5.74, 6) is -2.65. The first-order chi connectivity index (χ1) is 14.4. The number of nitrogens with one attached hydrogen (secondary N) is 1. The molecule has 0 aromatic heterocycles. The SMILES string of the molecule is O=C1NC(=N/N=C/c2ccc(OC(F)F)cc2)SC1Cc1ccc(SC(F)F)cc1. The molecule has 0 radical (unpaired) electrons. The summed E-state index contributed by atoms with van der Waals surface area (Å²) in [6, 6.07) is 12.5. The first kappa shape index (κ1) is 22.2. The molecule has 2 aromatic carbocycles. The van der Waals surface area contributed by atoms with Crippen molar-refractivity contribution >= 4 is 40.8 Å². The van der Waals surface area contributed by atoms with Gasteiger partial charge in [0.15, 0.2) is 5.17 Å². The van der Waals surface area contributed by atoms with E-state index in [1.165, 1.54) is 30.1 Å². The Bertz CT molecular complexity index is 922. The van der Waals surface area contributed by atoms with E-state index >= 15 is 0 Å². The standard InChI is InChI=1S/C19H15F4N3O2S2/c20-17(21)28-13-5-1-12(2-6-13)10-24-26-19-25-16(27)15(30-19)9-11-3-7-14(8-4-11)29-18(22)23/h1-8,10,15,17-18H,9H2,(H,25,26,27)/b24-10+. The van der Waals surface area contributed by atoms with E-state index in [-0.39, 0.29) is 11.7 Å². The number of hydrogen-bond donors (Lipinski definition) is 1. The van der Waals surface area contributed by atoms with Crippen molar-refractivity contribution in [3.8, 4) is 5.75 Å². The van der Waals surface area contributed by atoms with E-state index in [0.717, 1.165) is 5.56 Å². The predicted octanol–water partition coefficient (Wildman–Crippen LogP) is 4.77. The van der Waals surface area contributed by atoms with Gasteiger partial charge in [-0.1, -0.05) is 35.7 Å². The van der Waals surface area contributed by atoms with E-state index in [9.17, 15) is 22.4 Å². The molecule has 11 heteroatoms. The van der Waals surface area contributed by atoms with Crippen LogP contribution in [0.15, 0.2) is 63.6 Å². The third kappa shape index (κ3) is 6.77. The van der Waals surface area contributed by atoms with Gasteiger partial charge in [-0.15, -0.1) is 5.10 Å². The number of benzene rings is 2. The smallest absolute Gasteiger partial charge is 0.387 e. The number of hydrogen-bond acceptors (Lipinski definition) is 6. The Hall–Kier alpha value is -2.53. The van der Waals surface area contributed by atoms with Crippen LogP contribution in [0.4, 0.5) is 17.6 Å². The highest BCUT2D eigenvalue weighted by atomic mass is 32.2. The van der Waals surface area contributed by atoms with Crippen LogP contribution < -0.4 is 10.1 Å². The normalized spacial score (nSPS) is 18.0. The molecule has 1 fully saturated rings. The van der Waals surface area contributed by atoms with Crippen molar-refractivity contribution in [2.75, 3.05) is 0 Å². The monoisotopic (exact) mass is 457 g/mol. The van der Waals surface area contributed by atoms with Gasteiger partial charge in [0, 0.05) is 4.90 Å². The summed E-state index contributed by atoms with van der Waals surface area (Å²) in [4.78, 5) is 12.6. The Balaban J connectivity index is 1.54. The highest BCUT2D eigenvalue weighted by molar-refractivity contribution is 8.15. The zero-order valence-electron chi connectivity index (χ0n) is 15.2. The maximum absolute atomic E-state index is 12.4. The van der Waals surface area contributed by atoms with Crippen LogP contribution in [0.5, 0.6) is 5.75 Å². The molecule has 1 atom stereocenters. The second-order valence-electron chi connectivity index (χ2n) is 5.92. The van der Waals surface area contributed by atoms with Crippen LogP contribution in [0.25, 0.3) is 0 Å². The number of rotatable bonds is 8. The number of amides is 1. The molecule has 1 unspecified atom stereocenters. The molecule has 1 saturated heterocycles. The highest BCUT2D eigenvalue weighted by Crippen LogP contribution is 2.27. The fraction of sp³-hybridized carbons (Fsp3) is 0.211. The van der Waals surface area contributed by atoms with Gasteiger partial charge in [-0.3, -0.25) is 4.79 Å². The van der Waals surface area contributed by atoms with Gasteiger partial charge < -0.3 is 10.1 Å². The number of carbonyl (C=O) groups excluding carboxylic acids is 1. The van der Waals surface area contributed by atoms with E-state index in [2.05, 4.69) is 20.3 Å². The van der Waals surface area contributed by atoms with Crippen molar-refractivity contribution in [2.45, 2.75) is 28.9 Å². The summed E-state index contributed by atoms with van der Waals surface area (Å²) in [5.41, 5.74) is 1.46. The number of thioether (sulfide) groups is 2. The van der Waals surface area contributed by atoms with Gasteiger partial charge in [0.1, 0.15) is 5.75 Å². The lowest BCUT2D eigenvalue weighted by atomic mass is 10.1. The largest absolute Gasteiger partial charge is 0.435 e. The Labute approximate surface area is 178 Å². The number of carbonyl (C=O) groups is 1. The second-order valence-corrected chi connectivity index (χ2v) is 8.17. The van der Waals surface area contributed by atoms with Crippen molar-refractivity contribution in [3.05, 3.63) is 59.7 Å². The number of halogens is 4. The minimum Gasteiger partial charge on any atom is -0.435 e. The molecule has 0 bridgehead atoms. The van der Waals surface area contributed by atoms with Crippen LogP contribution in [0.1, 0.15) is 11.1 Å². The average molecular weight is 457 g/mol. The molecular weight excluding hydrogens is 442 g/mol. The maximum atomic E-state index is 12.4. The third-order valence-corrected chi connectivity index (χ3v) is 5.60. The second kappa shape index (κ2) is 10.5. The van der Waals surface area contributed by atoms with Gasteiger partial charge in [0.2, 0.25) is 5.91 Å². The van der Waals surface area contributed by atoms with E-state index in [1.54, 1.807) is 36.4 Å². The van der Waals surface area contributed by atoms with Crippen molar-refractivity contribution in [1.82, 2.24) is 5.32 Å². The molecule has 1 N–H and O–H groups in total. The lowest BCUT2D eigenvalue weighted by molar-refractivity contribution is -0.118. The quantitative estimate of drug-likeness (QED) is 0.269. The number of ether oxygens (including phenoxy) is 1. The third-order valence-electron chi connectivity index (χ3n) is 3.81. The van der Waals surface area contributed by atoms with E-state index < -0.39 is 17.6 Å².